The summed E-state index contributed by atoms with van der Waals surface area (Å²) in [5.74, 6) is -0.510. The zero-order chi connectivity index (χ0) is 14.7. The highest BCUT2D eigenvalue weighted by molar-refractivity contribution is 5.78. The highest BCUT2D eigenvalue weighted by Crippen LogP contribution is 2.25. The van der Waals surface area contributed by atoms with Crippen molar-refractivity contribution in [1.29, 1.82) is 0 Å². The molecule has 0 aromatic heterocycles. The molecule has 1 saturated carbocycles. The Kier molecular flexibility index (Phi) is 4.73. The lowest BCUT2D eigenvalue weighted by atomic mass is 9.83. The standard InChI is InChI=1S/C15H21FN2O2/c1-18(9-11-4-2-3-5-12(11)16)15(20)10-6-7-14(19)13(17)8-10/h2-5,10,13-14,19H,6-9,17H2,1H3/t10-,13+,14+/m0/s1. The van der Waals surface area contributed by atoms with E-state index in [0.717, 1.165) is 0 Å². The van der Waals surface area contributed by atoms with Gasteiger partial charge in [0.1, 0.15) is 5.82 Å². The smallest absolute Gasteiger partial charge is 0.225 e. The van der Waals surface area contributed by atoms with E-state index >= 15 is 0 Å². The number of carbonyl (C=O) groups excluding carboxylic acids is 1. The van der Waals surface area contributed by atoms with E-state index in [4.69, 9.17) is 5.73 Å². The summed E-state index contributed by atoms with van der Waals surface area (Å²) in [4.78, 5) is 13.9. The molecule has 110 valence electrons. The molecule has 0 saturated heterocycles. The minimum absolute atomic E-state index is 0.0318. The maximum atomic E-state index is 13.6. The van der Waals surface area contributed by atoms with Crippen molar-refractivity contribution in [2.75, 3.05) is 7.05 Å². The maximum absolute atomic E-state index is 13.6. The van der Waals surface area contributed by atoms with Gasteiger partial charge in [-0.05, 0) is 25.3 Å². The topological polar surface area (TPSA) is 66.6 Å². The van der Waals surface area contributed by atoms with Crippen LogP contribution in [0.3, 0.4) is 0 Å². The van der Waals surface area contributed by atoms with Gasteiger partial charge in [0, 0.05) is 31.1 Å². The first kappa shape index (κ1) is 14.9. The summed E-state index contributed by atoms with van der Waals surface area (Å²) in [6.07, 6.45) is 1.15. The fraction of sp³-hybridized carbons (Fsp3) is 0.533. The zero-order valence-corrected chi connectivity index (χ0v) is 11.6. The lowest BCUT2D eigenvalue weighted by Gasteiger charge is -2.32. The molecule has 1 aromatic carbocycles. The number of nitrogens with zero attached hydrogens (tertiary/aromatic N) is 1. The predicted molar refractivity (Wildman–Crippen MR) is 74.2 cm³/mol. The van der Waals surface area contributed by atoms with Crippen LogP contribution in [0.15, 0.2) is 24.3 Å². The SMILES string of the molecule is CN(Cc1ccccc1F)C(=O)[C@H]1CC[C@@H](O)[C@H](N)C1. The van der Waals surface area contributed by atoms with Crippen molar-refractivity contribution in [2.24, 2.45) is 11.7 Å². The molecule has 1 aliphatic rings. The Morgan fingerprint density at radius 2 is 2.15 bits per heavy atom. The quantitative estimate of drug-likeness (QED) is 0.876. The van der Waals surface area contributed by atoms with E-state index in [9.17, 15) is 14.3 Å². The molecule has 0 radical (unpaired) electrons. The zero-order valence-electron chi connectivity index (χ0n) is 11.6. The third-order valence-electron chi connectivity index (χ3n) is 3.95. The number of amides is 1. The van der Waals surface area contributed by atoms with E-state index in [-0.39, 0.29) is 30.2 Å². The van der Waals surface area contributed by atoms with E-state index < -0.39 is 6.10 Å². The summed E-state index contributed by atoms with van der Waals surface area (Å²) in [7, 11) is 1.67. The van der Waals surface area contributed by atoms with Crippen molar-refractivity contribution in [3.05, 3.63) is 35.6 Å². The fourth-order valence-electron chi connectivity index (χ4n) is 2.69. The molecule has 1 fully saturated rings. The van der Waals surface area contributed by atoms with Crippen molar-refractivity contribution >= 4 is 5.91 Å². The minimum Gasteiger partial charge on any atom is -0.392 e. The highest BCUT2D eigenvalue weighted by atomic mass is 19.1. The molecule has 0 aliphatic heterocycles. The number of carbonyl (C=O) groups is 1. The monoisotopic (exact) mass is 280 g/mol. The molecule has 0 bridgehead atoms. The number of hydrogen-bond acceptors (Lipinski definition) is 3. The number of benzene rings is 1. The summed E-state index contributed by atoms with van der Waals surface area (Å²) in [5, 5.41) is 9.59. The lowest BCUT2D eigenvalue weighted by Crippen LogP contribution is -2.45. The number of nitrogens with two attached hydrogens (primary N) is 1. The van der Waals surface area contributed by atoms with Crippen LogP contribution in [0.1, 0.15) is 24.8 Å². The number of hydrogen-bond donors (Lipinski definition) is 2. The van der Waals surface area contributed by atoms with Gasteiger partial charge in [0.15, 0.2) is 0 Å². The fourth-order valence-corrected chi connectivity index (χ4v) is 2.69. The molecular formula is C15H21FN2O2. The number of rotatable bonds is 3. The molecule has 1 aliphatic carbocycles. The molecule has 0 unspecified atom stereocenters. The molecule has 0 heterocycles. The highest BCUT2D eigenvalue weighted by Gasteiger charge is 2.32. The Morgan fingerprint density at radius 1 is 1.45 bits per heavy atom. The first-order valence-electron chi connectivity index (χ1n) is 6.91. The number of aliphatic hydroxyl groups excluding tert-OH is 1. The molecule has 3 atom stereocenters. The lowest BCUT2D eigenvalue weighted by molar-refractivity contribution is -0.136. The molecule has 3 N–H and O–H groups in total. The van der Waals surface area contributed by atoms with Crippen LogP contribution < -0.4 is 5.73 Å². The average molecular weight is 280 g/mol. The molecule has 2 rings (SSSR count). The van der Waals surface area contributed by atoms with Crippen molar-refractivity contribution in [2.45, 2.75) is 38.0 Å². The Bertz CT molecular complexity index is 481. The molecule has 5 heteroatoms. The molecule has 1 aromatic rings. The second-order valence-electron chi connectivity index (χ2n) is 5.53. The van der Waals surface area contributed by atoms with Crippen molar-refractivity contribution in [1.82, 2.24) is 4.90 Å². The van der Waals surface area contributed by atoms with Gasteiger partial charge in [-0.3, -0.25) is 4.79 Å². The third-order valence-corrected chi connectivity index (χ3v) is 3.95. The Hall–Kier alpha value is -1.46. The molecule has 1 amide bonds. The van der Waals surface area contributed by atoms with Crippen LogP contribution in [0.25, 0.3) is 0 Å². The van der Waals surface area contributed by atoms with Gasteiger partial charge in [0.05, 0.1) is 6.10 Å². The maximum Gasteiger partial charge on any atom is 0.225 e. The Morgan fingerprint density at radius 3 is 2.80 bits per heavy atom. The van der Waals surface area contributed by atoms with Crippen LogP contribution in [-0.4, -0.2) is 35.1 Å². The molecule has 0 spiro atoms. The van der Waals surface area contributed by atoms with Crippen LogP contribution in [0.5, 0.6) is 0 Å². The largest absolute Gasteiger partial charge is 0.392 e. The normalized spacial score (nSPS) is 26.3. The number of halogens is 1. The van der Waals surface area contributed by atoms with E-state index in [1.54, 1.807) is 25.2 Å². The predicted octanol–water partition coefficient (Wildman–Crippen LogP) is 1.27. The Labute approximate surface area is 118 Å². The van der Waals surface area contributed by atoms with Gasteiger partial charge in [-0.25, -0.2) is 4.39 Å². The summed E-state index contributed by atoms with van der Waals surface area (Å²) >= 11 is 0. The van der Waals surface area contributed by atoms with Crippen molar-refractivity contribution < 1.29 is 14.3 Å². The third kappa shape index (κ3) is 3.35. The first-order valence-corrected chi connectivity index (χ1v) is 6.91. The second-order valence-corrected chi connectivity index (χ2v) is 5.53. The molecule has 20 heavy (non-hydrogen) atoms. The van der Waals surface area contributed by atoms with E-state index in [2.05, 4.69) is 0 Å². The van der Waals surface area contributed by atoms with Crippen molar-refractivity contribution in [3.8, 4) is 0 Å². The molecular weight excluding hydrogens is 259 g/mol. The van der Waals surface area contributed by atoms with Gasteiger partial charge < -0.3 is 15.7 Å². The van der Waals surface area contributed by atoms with Crippen LogP contribution >= 0.6 is 0 Å². The molecule has 4 nitrogen and oxygen atoms in total. The van der Waals surface area contributed by atoms with E-state index in [1.807, 2.05) is 0 Å². The van der Waals surface area contributed by atoms with Crippen LogP contribution in [0, 0.1) is 11.7 Å². The van der Waals surface area contributed by atoms with Gasteiger partial charge in [-0.2, -0.15) is 0 Å². The van der Waals surface area contributed by atoms with Gasteiger partial charge >= 0.3 is 0 Å². The van der Waals surface area contributed by atoms with E-state index in [1.165, 1.54) is 11.0 Å². The summed E-state index contributed by atoms with van der Waals surface area (Å²) in [6, 6.07) is 6.10. The van der Waals surface area contributed by atoms with Crippen LogP contribution in [-0.2, 0) is 11.3 Å². The summed E-state index contributed by atoms with van der Waals surface area (Å²) in [5.41, 5.74) is 6.31. The second kappa shape index (κ2) is 6.33. The average Bonchev–Trinajstić information content (AvgIpc) is 2.43. The van der Waals surface area contributed by atoms with Gasteiger partial charge in [0.25, 0.3) is 0 Å². The Balaban J connectivity index is 1.97. The van der Waals surface area contributed by atoms with Gasteiger partial charge in [-0.15, -0.1) is 0 Å². The van der Waals surface area contributed by atoms with Crippen LogP contribution in [0.2, 0.25) is 0 Å². The van der Waals surface area contributed by atoms with Crippen LogP contribution in [0.4, 0.5) is 4.39 Å². The summed E-state index contributed by atoms with van der Waals surface area (Å²) < 4.78 is 13.6. The van der Waals surface area contributed by atoms with Gasteiger partial charge in [0.2, 0.25) is 5.91 Å². The number of aliphatic hydroxyl groups is 1. The summed E-state index contributed by atoms with van der Waals surface area (Å²) in [6.45, 7) is 0.250. The van der Waals surface area contributed by atoms with Crippen molar-refractivity contribution in [3.63, 3.8) is 0 Å². The van der Waals surface area contributed by atoms with Gasteiger partial charge in [-0.1, -0.05) is 18.2 Å². The first-order chi connectivity index (χ1) is 9.49. The van der Waals surface area contributed by atoms with E-state index in [0.29, 0.717) is 24.8 Å². The minimum atomic E-state index is -0.518.